The van der Waals surface area contributed by atoms with Crippen molar-refractivity contribution in [3.8, 4) is 5.75 Å². The number of aromatic nitrogens is 2. The molecule has 0 aliphatic carbocycles. The molecular formula is C22H19N3O4. The quantitative estimate of drug-likeness (QED) is 0.702. The second-order valence-electron chi connectivity index (χ2n) is 7.45. The second-order valence-corrected chi connectivity index (χ2v) is 7.45. The highest BCUT2D eigenvalue weighted by atomic mass is 16.5. The Balaban J connectivity index is 1.37. The SMILES string of the molecule is O=C(O)C1=CC2(CCN(C(=O)c3ccc4nc[nH]c4c3)CC2)Oc2ccccc21. The molecule has 0 radical (unpaired) electrons. The highest BCUT2D eigenvalue weighted by Gasteiger charge is 2.41. The van der Waals surface area contributed by atoms with E-state index in [4.69, 9.17) is 4.74 Å². The van der Waals surface area contributed by atoms with Gasteiger partial charge in [0, 0.05) is 37.1 Å². The molecule has 1 amide bonds. The fraction of sp³-hybridized carbons (Fsp3) is 0.227. The maximum Gasteiger partial charge on any atom is 0.336 e. The minimum absolute atomic E-state index is 0.0463. The third kappa shape index (κ3) is 2.95. The minimum Gasteiger partial charge on any atom is -0.482 e. The van der Waals surface area contributed by atoms with E-state index >= 15 is 0 Å². The van der Waals surface area contributed by atoms with Gasteiger partial charge in [-0.2, -0.15) is 0 Å². The van der Waals surface area contributed by atoms with Crippen LogP contribution in [0.1, 0.15) is 28.8 Å². The van der Waals surface area contributed by atoms with Crippen LogP contribution in [0.3, 0.4) is 0 Å². The average molecular weight is 389 g/mol. The number of benzene rings is 2. The van der Waals surface area contributed by atoms with Crippen LogP contribution in [0.4, 0.5) is 0 Å². The van der Waals surface area contributed by atoms with E-state index in [2.05, 4.69) is 9.97 Å². The number of ether oxygens (including phenoxy) is 1. The number of carbonyl (C=O) groups is 2. The van der Waals surface area contributed by atoms with Gasteiger partial charge in [-0.3, -0.25) is 4.79 Å². The Morgan fingerprint density at radius 3 is 2.72 bits per heavy atom. The lowest BCUT2D eigenvalue weighted by Gasteiger charge is -2.42. The van der Waals surface area contributed by atoms with Crippen molar-refractivity contribution in [3.63, 3.8) is 0 Å². The number of imidazole rings is 1. The number of para-hydroxylation sites is 1. The zero-order valence-corrected chi connectivity index (χ0v) is 15.6. The van der Waals surface area contributed by atoms with Crippen molar-refractivity contribution < 1.29 is 19.4 Å². The van der Waals surface area contributed by atoms with Gasteiger partial charge in [0.2, 0.25) is 0 Å². The number of carbonyl (C=O) groups excluding carboxylic acids is 1. The number of nitrogens with zero attached hydrogens (tertiary/aromatic N) is 2. The summed E-state index contributed by atoms with van der Waals surface area (Å²) in [5, 5.41) is 9.66. The molecule has 2 aliphatic heterocycles. The van der Waals surface area contributed by atoms with Crippen LogP contribution < -0.4 is 4.74 Å². The van der Waals surface area contributed by atoms with Gasteiger partial charge in [0.1, 0.15) is 11.4 Å². The summed E-state index contributed by atoms with van der Waals surface area (Å²) in [6, 6.07) is 12.6. The fourth-order valence-corrected chi connectivity index (χ4v) is 4.13. The van der Waals surface area contributed by atoms with Crippen LogP contribution in [0.2, 0.25) is 0 Å². The molecule has 1 aromatic heterocycles. The summed E-state index contributed by atoms with van der Waals surface area (Å²) in [7, 11) is 0. The van der Waals surface area contributed by atoms with Crippen LogP contribution in [0.25, 0.3) is 16.6 Å². The van der Waals surface area contributed by atoms with Gasteiger partial charge in [0.25, 0.3) is 5.91 Å². The second kappa shape index (κ2) is 6.48. The fourth-order valence-electron chi connectivity index (χ4n) is 4.13. The first-order valence-corrected chi connectivity index (χ1v) is 9.52. The molecule has 1 spiro atoms. The third-order valence-electron chi connectivity index (χ3n) is 5.69. The number of carboxylic acid groups (broad SMARTS) is 1. The Morgan fingerprint density at radius 2 is 1.93 bits per heavy atom. The topological polar surface area (TPSA) is 95.5 Å². The lowest BCUT2D eigenvalue weighted by atomic mass is 9.84. The largest absolute Gasteiger partial charge is 0.482 e. The van der Waals surface area contributed by atoms with Crippen LogP contribution >= 0.6 is 0 Å². The van der Waals surface area contributed by atoms with Gasteiger partial charge in [-0.1, -0.05) is 18.2 Å². The molecule has 3 heterocycles. The number of carboxylic acids is 1. The molecule has 2 aliphatic rings. The number of hydrogen-bond donors (Lipinski definition) is 2. The van der Waals surface area contributed by atoms with Crippen molar-refractivity contribution in [1.29, 1.82) is 0 Å². The first-order valence-electron chi connectivity index (χ1n) is 9.52. The molecule has 0 saturated carbocycles. The van der Waals surface area contributed by atoms with Crippen LogP contribution in [-0.2, 0) is 4.79 Å². The van der Waals surface area contributed by atoms with Crippen LogP contribution in [0, 0.1) is 0 Å². The Kier molecular flexibility index (Phi) is 3.91. The lowest BCUT2D eigenvalue weighted by molar-refractivity contribution is -0.130. The summed E-state index contributed by atoms with van der Waals surface area (Å²) in [5.74, 6) is -0.432. The molecule has 7 heteroatoms. The molecule has 0 atom stereocenters. The van der Waals surface area contributed by atoms with Crippen molar-refractivity contribution in [2.45, 2.75) is 18.4 Å². The monoisotopic (exact) mass is 389 g/mol. The van der Waals surface area contributed by atoms with Crippen LogP contribution in [-0.4, -0.2) is 50.5 Å². The lowest BCUT2D eigenvalue weighted by Crippen LogP contribution is -2.50. The smallest absolute Gasteiger partial charge is 0.336 e. The average Bonchev–Trinajstić information content (AvgIpc) is 3.21. The summed E-state index contributed by atoms with van der Waals surface area (Å²) in [4.78, 5) is 33.7. The predicted octanol–water partition coefficient (Wildman–Crippen LogP) is 3.10. The molecule has 1 saturated heterocycles. The maximum absolute atomic E-state index is 12.9. The number of amides is 1. The first-order chi connectivity index (χ1) is 14.0. The molecule has 1 fully saturated rings. The van der Waals surface area contributed by atoms with Crippen molar-refractivity contribution in [2.75, 3.05) is 13.1 Å². The standard InChI is InChI=1S/C22H19N3O4/c26-20(14-5-6-17-18(11-14)24-13-23-17)25-9-7-22(8-10-25)12-16(21(27)28)15-3-1-2-4-19(15)29-22/h1-6,11-13H,7-10H2,(H,23,24)(H,27,28). The van der Waals surface area contributed by atoms with Crippen molar-refractivity contribution in [3.05, 3.63) is 66.0 Å². The number of H-pyrrole nitrogens is 1. The van der Waals surface area contributed by atoms with E-state index in [1.54, 1.807) is 41.6 Å². The van der Waals surface area contributed by atoms with Gasteiger partial charge >= 0.3 is 5.97 Å². The molecule has 146 valence electrons. The van der Waals surface area contributed by atoms with E-state index in [0.717, 1.165) is 11.0 Å². The first kappa shape index (κ1) is 17.5. The van der Waals surface area contributed by atoms with E-state index in [-0.39, 0.29) is 11.5 Å². The summed E-state index contributed by atoms with van der Waals surface area (Å²) in [5.41, 5.74) is 2.40. The summed E-state index contributed by atoms with van der Waals surface area (Å²) in [6.45, 7) is 0.983. The molecule has 3 aromatic rings. The van der Waals surface area contributed by atoms with E-state index in [0.29, 0.717) is 42.8 Å². The number of piperidine rings is 1. The summed E-state index contributed by atoms with van der Waals surface area (Å²) >= 11 is 0. The van der Waals surface area contributed by atoms with Crippen molar-refractivity contribution in [1.82, 2.24) is 14.9 Å². The van der Waals surface area contributed by atoms with E-state index in [1.807, 2.05) is 18.2 Å². The van der Waals surface area contributed by atoms with Gasteiger partial charge in [0.15, 0.2) is 0 Å². The number of nitrogens with one attached hydrogen (secondary N) is 1. The van der Waals surface area contributed by atoms with Crippen LogP contribution in [0.5, 0.6) is 5.75 Å². The normalized spacial score (nSPS) is 17.5. The van der Waals surface area contributed by atoms with Gasteiger partial charge < -0.3 is 19.7 Å². The van der Waals surface area contributed by atoms with E-state index in [1.165, 1.54) is 0 Å². The van der Waals surface area contributed by atoms with Gasteiger partial charge in [-0.15, -0.1) is 0 Å². The predicted molar refractivity (Wildman–Crippen MR) is 107 cm³/mol. The van der Waals surface area contributed by atoms with Gasteiger partial charge in [-0.05, 0) is 30.3 Å². The number of likely N-dealkylation sites (tertiary alicyclic amines) is 1. The number of fused-ring (bicyclic) bond motifs is 2. The summed E-state index contributed by atoms with van der Waals surface area (Å²) in [6.07, 6.45) is 4.40. The van der Waals surface area contributed by atoms with E-state index in [9.17, 15) is 14.7 Å². The van der Waals surface area contributed by atoms with E-state index < -0.39 is 11.6 Å². The highest BCUT2D eigenvalue weighted by molar-refractivity contribution is 6.17. The Bertz CT molecular complexity index is 1160. The third-order valence-corrected chi connectivity index (χ3v) is 5.69. The Morgan fingerprint density at radius 1 is 1.14 bits per heavy atom. The molecule has 7 nitrogen and oxygen atoms in total. The molecule has 2 N–H and O–H groups in total. The maximum atomic E-state index is 12.9. The van der Waals surface area contributed by atoms with Gasteiger partial charge in [-0.25, -0.2) is 9.78 Å². The summed E-state index contributed by atoms with van der Waals surface area (Å²) < 4.78 is 6.23. The number of rotatable bonds is 2. The zero-order valence-electron chi connectivity index (χ0n) is 15.6. The van der Waals surface area contributed by atoms with Gasteiger partial charge in [0.05, 0.1) is 22.9 Å². The molecule has 29 heavy (non-hydrogen) atoms. The molecular weight excluding hydrogens is 370 g/mol. The minimum atomic E-state index is -0.966. The number of hydrogen-bond acceptors (Lipinski definition) is 4. The number of aliphatic carboxylic acids is 1. The highest BCUT2D eigenvalue weighted by Crippen LogP contribution is 2.41. The van der Waals surface area contributed by atoms with Crippen molar-refractivity contribution in [2.24, 2.45) is 0 Å². The Labute approximate surface area is 166 Å². The van der Waals surface area contributed by atoms with Crippen LogP contribution in [0.15, 0.2) is 54.9 Å². The molecule has 5 rings (SSSR count). The Hall–Kier alpha value is -3.61. The van der Waals surface area contributed by atoms with Crippen molar-refractivity contribution >= 4 is 28.5 Å². The molecule has 0 bridgehead atoms. The molecule has 0 unspecified atom stereocenters. The zero-order chi connectivity index (χ0) is 20.0. The molecule has 2 aromatic carbocycles. The number of aromatic amines is 1.